The molecular weight excluding hydrogens is 206 g/mol. The van der Waals surface area contributed by atoms with Gasteiger partial charge in [0.15, 0.2) is 12.1 Å². The minimum absolute atomic E-state index is 0.245. The van der Waals surface area contributed by atoms with Crippen molar-refractivity contribution < 1.29 is 14.3 Å². The lowest BCUT2D eigenvalue weighted by molar-refractivity contribution is 0.100. The molecule has 0 spiro atoms. The molecule has 0 aromatic heterocycles. The van der Waals surface area contributed by atoms with Crippen molar-refractivity contribution in [2.75, 3.05) is 6.61 Å². The highest BCUT2D eigenvalue weighted by molar-refractivity contribution is 6.02. The number of ether oxygens (including phenoxy) is 1. The van der Waals surface area contributed by atoms with E-state index in [2.05, 4.69) is 0 Å². The first-order valence-electron chi connectivity index (χ1n) is 4.81. The van der Waals surface area contributed by atoms with Gasteiger partial charge in [-0.15, -0.1) is 0 Å². The third-order valence-electron chi connectivity index (χ3n) is 2.08. The highest BCUT2D eigenvalue weighted by Gasteiger charge is 2.13. The van der Waals surface area contributed by atoms with Crippen LogP contribution in [-0.2, 0) is 0 Å². The number of benzene rings is 1. The molecule has 0 atom stereocenters. The molecule has 4 nitrogen and oxygen atoms in total. The van der Waals surface area contributed by atoms with Crippen molar-refractivity contribution >= 4 is 12.1 Å². The van der Waals surface area contributed by atoms with Crippen LogP contribution >= 0.6 is 0 Å². The molecule has 1 aromatic rings. The third-order valence-corrected chi connectivity index (χ3v) is 2.08. The molecule has 0 aliphatic rings. The van der Waals surface area contributed by atoms with Gasteiger partial charge in [0, 0.05) is 11.1 Å². The Morgan fingerprint density at radius 1 is 1.56 bits per heavy atom. The lowest BCUT2D eigenvalue weighted by atomic mass is 10.0. The molecule has 16 heavy (non-hydrogen) atoms. The van der Waals surface area contributed by atoms with Gasteiger partial charge >= 0.3 is 0 Å². The Bertz CT molecular complexity index is 472. The molecule has 0 bridgehead atoms. The number of nitrogens with zero attached hydrogens (tertiary/aromatic N) is 1. The highest BCUT2D eigenvalue weighted by Crippen LogP contribution is 2.23. The molecule has 0 heterocycles. The van der Waals surface area contributed by atoms with E-state index in [-0.39, 0.29) is 22.5 Å². The molecule has 0 N–H and O–H groups in total. The summed E-state index contributed by atoms with van der Waals surface area (Å²) in [7, 11) is 0. The van der Waals surface area contributed by atoms with E-state index in [0.29, 0.717) is 18.6 Å². The van der Waals surface area contributed by atoms with Gasteiger partial charge in [0.25, 0.3) is 0 Å². The van der Waals surface area contributed by atoms with E-state index >= 15 is 0 Å². The SMILES string of the molecule is CCOc1cc(C=O)c(C(C)=O)cc1C#N. The van der Waals surface area contributed by atoms with Gasteiger partial charge in [-0.05, 0) is 26.0 Å². The van der Waals surface area contributed by atoms with Gasteiger partial charge in [0.05, 0.1) is 12.2 Å². The monoisotopic (exact) mass is 217 g/mol. The fourth-order valence-electron chi connectivity index (χ4n) is 1.36. The first kappa shape index (κ1) is 11.9. The van der Waals surface area contributed by atoms with Crippen molar-refractivity contribution in [2.24, 2.45) is 0 Å². The predicted molar refractivity (Wildman–Crippen MR) is 57.7 cm³/mol. The van der Waals surface area contributed by atoms with Crippen LogP contribution in [0.15, 0.2) is 12.1 Å². The topological polar surface area (TPSA) is 67.2 Å². The van der Waals surface area contributed by atoms with Gasteiger partial charge < -0.3 is 4.74 Å². The zero-order chi connectivity index (χ0) is 12.1. The Morgan fingerprint density at radius 2 is 2.25 bits per heavy atom. The van der Waals surface area contributed by atoms with Crippen LogP contribution in [0.2, 0.25) is 0 Å². The molecule has 0 aliphatic heterocycles. The van der Waals surface area contributed by atoms with Crippen LogP contribution in [0.5, 0.6) is 5.75 Å². The maximum Gasteiger partial charge on any atom is 0.160 e. The fourth-order valence-corrected chi connectivity index (χ4v) is 1.36. The summed E-state index contributed by atoms with van der Waals surface area (Å²) in [5.74, 6) is 0.0822. The number of aldehydes is 1. The Morgan fingerprint density at radius 3 is 2.69 bits per heavy atom. The van der Waals surface area contributed by atoms with Crippen molar-refractivity contribution in [3.63, 3.8) is 0 Å². The van der Waals surface area contributed by atoms with Crippen LogP contribution in [0, 0.1) is 11.3 Å². The highest BCUT2D eigenvalue weighted by atomic mass is 16.5. The maximum atomic E-state index is 11.3. The van der Waals surface area contributed by atoms with E-state index in [4.69, 9.17) is 10.00 Å². The van der Waals surface area contributed by atoms with Crippen LogP contribution < -0.4 is 4.74 Å². The van der Waals surface area contributed by atoms with Crippen molar-refractivity contribution in [1.82, 2.24) is 0 Å². The van der Waals surface area contributed by atoms with Crippen LogP contribution in [-0.4, -0.2) is 18.7 Å². The fraction of sp³-hybridized carbons (Fsp3) is 0.250. The van der Waals surface area contributed by atoms with E-state index in [1.807, 2.05) is 6.07 Å². The molecule has 0 amide bonds. The summed E-state index contributed by atoms with van der Waals surface area (Å²) in [5, 5.41) is 8.89. The normalized spacial score (nSPS) is 9.31. The maximum absolute atomic E-state index is 11.3. The number of carbonyl (C=O) groups excluding carboxylic acids is 2. The summed E-state index contributed by atoms with van der Waals surface area (Å²) in [6.45, 7) is 3.52. The van der Waals surface area contributed by atoms with Gasteiger partial charge in [-0.3, -0.25) is 9.59 Å². The van der Waals surface area contributed by atoms with Gasteiger partial charge in [0.2, 0.25) is 0 Å². The van der Waals surface area contributed by atoms with Crippen LogP contribution in [0.25, 0.3) is 0 Å². The van der Waals surface area contributed by atoms with Crippen LogP contribution in [0.4, 0.5) is 0 Å². The molecule has 0 aliphatic carbocycles. The van der Waals surface area contributed by atoms with E-state index in [1.54, 1.807) is 6.92 Å². The first-order chi connectivity index (χ1) is 7.63. The van der Waals surface area contributed by atoms with Gasteiger partial charge in [-0.25, -0.2) is 0 Å². The number of hydrogen-bond donors (Lipinski definition) is 0. The summed E-state index contributed by atoms with van der Waals surface area (Å²) < 4.78 is 5.21. The minimum Gasteiger partial charge on any atom is -0.492 e. The van der Waals surface area contributed by atoms with Crippen LogP contribution in [0.3, 0.4) is 0 Å². The van der Waals surface area contributed by atoms with Crippen molar-refractivity contribution in [2.45, 2.75) is 13.8 Å². The lowest BCUT2D eigenvalue weighted by Gasteiger charge is -2.08. The lowest BCUT2D eigenvalue weighted by Crippen LogP contribution is -2.03. The summed E-state index contributed by atoms with van der Waals surface area (Å²) >= 11 is 0. The van der Waals surface area contributed by atoms with Gasteiger partial charge in [-0.2, -0.15) is 5.26 Å². The molecule has 0 unspecified atom stereocenters. The number of rotatable bonds is 4. The largest absolute Gasteiger partial charge is 0.492 e. The third kappa shape index (κ3) is 2.26. The molecule has 0 saturated heterocycles. The standard InChI is InChI=1S/C12H11NO3/c1-3-16-12-5-10(7-14)11(8(2)15)4-9(12)6-13/h4-5,7H,3H2,1-2H3. The number of hydrogen-bond acceptors (Lipinski definition) is 4. The number of Topliss-reactive ketones (excluding diaryl/α,β-unsaturated/α-hetero) is 1. The summed E-state index contributed by atoms with van der Waals surface area (Å²) in [6.07, 6.45) is 0.584. The van der Waals surface area contributed by atoms with Gasteiger partial charge in [-0.1, -0.05) is 0 Å². The Balaban J connectivity index is 3.41. The molecule has 1 rings (SSSR count). The quantitative estimate of drug-likeness (QED) is 0.571. The Labute approximate surface area is 93.5 Å². The van der Waals surface area contributed by atoms with Crippen molar-refractivity contribution in [1.29, 1.82) is 5.26 Å². The second-order valence-electron chi connectivity index (χ2n) is 3.15. The van der Waals surface area contributed by atoms with Crippen LogP contribution in [0.1, 0.15) is 40.1 Å². The molecular formula is C12H11NO3. The van der Waals surface area contributed by atoms with E-state index < -0.39 is 0 Å². The summed E-state index contributed by atoms with van der Waals surface area (Å²) in [5.41, 5.74) is 0.752. The predicted octanol–water partition coefficient (Wildman–Crippen LogP) is 1.97. The average molecular weight is 217 g/mol. The smallest absolute Gasteiger partial charge is 0.160 e. The zero-order valence-corrected chi connectivity index (χ0v) is 9.11. The Hall–Kier alpha value is -2.15. The Kier molecular flexibility index (Phi) is 3.78. The second-order valence-corrected chi connectivity index (χ2v) is 3.15. The molecule has 4 heteroatoms. The van der Waals surface area contributed by atoms with Crippen molar-refractivity contribution in [3.8, 4) is 11.8 Å². The first-order valence-corrected chi connectivity index (χ1v) is 4.81. The van der Waals surface area contributed by atoms with Crippen molar-refractivity contribution in [3.05, 3.63) is 28.8 Å². The molecule has 1 aromatic carbocycles. The molecule has 0 radical (unpaired) electrons. The molecule has 0 saturated carbocycles. The van der Waals surface area contributed by atoms with Gasteiger partial charge in [0.1, 0.15) is 11.8 Å². The molecule has 0 fully saturated rings. The number of nitriles is 1. The number of carbonyl (C=O) groups is 2. The molecule has 82 valence electrons. The van der Waals surface area contributed by atoms with E-state index in [9.17, 15) is 9.59 Å². The summed E-state index contributed by atoms with van der Waals surface area (Å²) in [6, 6.07) is 4.74. The number of ketones is 1. The van der Waals surface area contributed by atoms with E-state index in [0.717, 1.165) is 0 Å². The minimum atomic E-state index is -0.248. The zero-order valence-electron chi connectivity index (χ0n) is 9.11. The average Bonchev–Trinajstić information content (AvgIpc) is 2.28. The second kappa shape index (κ2) is 5.08. The van der Waals surface area contributed by atoms with E-state index in [1.165, 1.54) is 19.1 Å². The summed E-state index contributed by atoms with van der Waals surface area (Å²) in [4.78, 5) is 22.1.